The van der Waals surface area contributed by atoms with Crippen molar-refractivity contribution in [3.63, 3.8) is 0 Å². The van der Waals surface area contributed by atoms with Crippen LogP contribution in [0.4, 0.5) is 16.0 Å². The van der Waals surface area contributed by atoms with Gasteiger partial charge >= 0.3 is 0 Å². The second-order valence-corrected chi connectivity index (χ2v) is 6.00. The average Bonchev–Trinajstić information content (AvgIpc) is 3.16. The predicted molar refractivity (Wildman–Crippen MR) is 101 cm³/mol. The fourth-order valence-corrected chi connectivity index (χ4v) is 2.44. The molecule has 3 rings (SSSR count). The first-order valence-electron chi connectivity index (χ1n) is 8.50. The maximum atomic E-state index is 14.3. The van der Waals surface area contributed by atoms with E-state index in [1.807, 2.05) is 12.1 Å². The van der Waals surface area contributed by atoms with Crippen LogP contribution in [0.3, 0.4) is 0 Å². The molecule has 0 fully saturated rings. The highest BCUT2D eigenvalue weighted by Gasteiger charge is 2.13. The normalized spacial score (nSPS) is 11.2. The third kappa shape index (κ3) is 4.70. The van der Waals surface area contributed by atoms with Crippen molar-refractivity contribution in [3.8, 4) is 23.4 Å². The number of carbonyl (C=O) groups is 1. The zero-order valence-electron chi connectivity index (χ0n) is 15.3. The molecule has 9 nitrogen and oxygen atoms in total. The summed E-state index contributed by atoms with van der Waals surface area (Å²) in [7, 11) is 0. The lowest BCUT2D eigenvalue weighted by Gasteiger charge is -2.08. The number of rotatable bonds is 6. The van der Waals surface area contributed by atoms with Crippen molar-refractivity contribution < 1.29 is 9.18 Å². The van der Waals surface area contributed by atoms with Crippen LogP contribution in [0, 0.1) is 28.5 Å². The molecule has 0 aliphatic carbocycles. The zero-order chi connectivity index (χ0) is 20.8. The number of nitrogens with one attached hydrogen (secondary N) is 2. The first kappa shape index (κ1) is 19.5. The Morgan fingerprint density at radius 2 is 2.03 bits per heavy atom. The van der Waals surface area contributed by atoms with Crippen LogP contribution in [-0.4, -0.2) is 31.7 Å². The van der Waals surface area contributed by atoms with Gasteiger partial charge in [0, 0.05) is 17.3 Å². The molecule has 10 heteroatoms. The van der Waals surface area contributed by atoms with Gasteiger partial charge in [0.25, 0.3) is 5.91 Å². The molecule has 144 valence electrons. The van der Waals surface area contributed by atoms with Crippen molar-refractivity contribution in [1.82, 2.24) is 25.1 Å². The number of hydrogen-bond acceptors (Lipinski definition) is 7. The molecule has 1 amide bonds. The summed E-state index contributed by atoms with van der Waals surface area (Å²) in [4.78, 5) is 20.1. The van der Waals surface area contributed by atoms with Gasteiger partial charge in [0.15, 0.2) is 5.82 Å². The van der Waals surface area contributed by atoms with Gasteiger partial charge in [-0.25, -0.2) is 14.4 Å². The maximum absolute atomic E-state index is 14.3. The van der Waals surface area contributed by atoms with E-state index in [1.165, 1.54) is 23.0 Å². The second-order valence-electron chi connectivity index (χ2n) is 6.00. The summed E-state index contributed by atoms with van der Waals surface area (Å²) in [6.07, 6.45) is 4.14. The molecule has 1 atom stereocenters. The van der Waals surface area contributed by atoms with E-state index in [9.17, 15) is 9.18 Å². The van der Waals surface area contributed by atoms with Crippen LogP contribution in [0.25, 0.3) is 11.3 Å². The van der Waals surface area contributed by atoms with Crippen molar-refractivity contribution in [2.24, 2.45) is 0 Å². The maximum Gasteiger partial charge on any atom is 0.252 e. The van der Waals surface area contributed by atoms with E-state index < -0.39 is 17.8 Å². The molecule has 0 saturated carbocycles. The number of aromatic nitrogens is 4. The summed E-state index contributed by atoms with van der Waals surface area (Å²) >= 11 is 0. The quantitative estimate of drug-likeness (QED) is 0.660. The van der Waals surface area contributed by atoms with Crippen LogP contribution >= 0.6 is 0 Å². The lowest BCUT2D eigenvalue weighted by Crippen LogP contribution is -2.31. The summed E-state index contributed by atoms with van der Waals surface area (Å²) in [5, 5.41) is 26.9. The summed E-state index contributed by atoms with van der Waals surface area (Å²) in [5.74, 6) is -0.862. The number of carbonyl (C=O) groups excluding carboxylic acids is 1. The van der Waals surface area contributed by atoms with E-state index in [0.29, 0.717) is 16.8 Å². The first-order valence-corrected chi connectivity index (χ1v) is 8.50. The lowest BCUT2D eigenvalue weighted by molar-refractivity contribution is 0.0948. The first-order chi connectivity index (χ1) is 14.0. The van der Waals surface area contributed by atoms with Crippen molar-refractivity contribution in [3.05, 3.63) is 54.2 Å². The number of nitrogens with zero attached hydrogens (tertiary/aromatic N) is 6. The number of nitriles is 2. The van der Waals surface area contributed by atoms with E-state index in [0.717, 1.165) is 6.20 Å². The smallest absolute Gasteiger partial charge is 0.252 e. The summed E-state index contributed by atoms with van der Waals surface area (Å²) in [6, 6.07) is 9.44. The van der Waals surface area contributed by atoms with Crippen LogP contribution in [0.15, 0.2) is 42.9 Å². The Bertz CT molecular complexity index is 1110. The third-order valence-electron chi connectivity index (χ3n) is 3.83. The molecule has 0 radical (unpaired) electrons. The van der Waals surface area contributed by atoms with Crippen LogP contribution in [0.2, 0.25) is 0 Å². The monoisotopic (exact) mass is 390 g/mol. The van der Waals surface area contributed by atoms with Crippen LogP contribution in [0.1, 0.15) is 17.3 Å². The number of benzene rings is 1. The molecule has 2 aromatic heterocycles. The van der Waals surface area contributed by atoms with E-state index >= 15 is 0 Å². The molecule has 0 aliphatic rings. The van der Waals surface area contributed by atoms with E-state index in [4.69, 9.17) is 10.5 Å². The fourth-order valence-electron chi connectivity index (χ4n) is 2.44. The van der Waals surface area contributed by atoms with E-state index in [-0.39, 0.29) is 18.2 Å². The fraction of sp³-hybridized carbons (Fsp3) is 0.158. The van der Waals surface area contributed by atoms with Gasteiger partial charge in [-0.2, -0.15) is 15.6 Å². The molecule has 3 aromatic rings. The number of hydrogen-bond donors (Lipinski definition) is 2. The molecule has 29 heavy (non-hydrogen) atoms. The average molecular weight is 390 g/mol. The zero-order valence-corrected chi connectivity index (χ0v) is 15.3. The Kier molecular flexibility index (Phi) is 5.76. The van der Waals surface area contributed by atoms with E-state index in [2.05, 4.69) is 25.7 Å². The minimum Gasteiger partial charge on any atom is -0.337 e. The molecule has 0 spiro atoms. The molecule has 0 saturated heterocycles. The van der Waals surface area contributed by atoms with Crippen molar-refractivity contribution in [2.75, 3.05) is 5.32 Å². The molecule has 0 aliphatic heterocycles. The minimum atomic E-state index is -0.619. The predicted octanol–water partition coefficient (Wildman–Crippen LogP) is 2.39. The molecular weight excluding hydrogens is 375 g/mol. The highest BCUT2D eigenvalue weighted by Crippen LogP contribution is 2.23. The molecule has 2 heterocycles. The molecule has 0 bridgehead atoms. The van der Waals surface area contributed by atoms with Gasteiger partial charge in [-0.1, -0.05) is 12.1 Å². The second kappa shape index (κ2) is 8.59. The Balaban J connectivity index is 1.79. The Labute approximate surface area is 165 Å². The summed E-state index contributed by atoms with van der Waals surface area (Å²) in [6.45, 7) is 1.67. The summed E-state index contributed by atoms with van der Waals surface area (Å²) in [5.41, 5.74) is 1.41. The van der Waals surface area contributed by atoms with Gasteiger partial charge < -0.3 is 10.6 Å². The van der Waals surface area contributed by atoms with Crippen LogP contribution < -0.4 is 10.6 Å². The molecule has 0 unspecified atom stereocenters. The summed E-state index contributed by atoms with van der Waals surface area (Å²) < 4.78 is 15.7. The molecular formula is C19H15FN8O. The highest BCUT2D eigenvalue weighted by molar-refractivity contribution is 5.95. The SMILES string of the molecule is C[C@H](C#N)NC(=O)c1ccc(-c2nc(Nc3cnn(CC#N)c3)ncc2F)cc1. The third-order valence-corrected chi connectivity index (χ3v) is 3.83. The van der Waals surface area contributed by atoms with Crippen LogP contribution in [0.5, 0.6) is 0 Å². The molecule has 1 aromatic carbocycles. The largest absolute Gasteiger partial charge is 0.337 e. The van der Waals surface area contributed by atoms with Crippen molar-refractivity contribution in [2.45, 2.75) is 19.5 Å². The lowest BCUT2D eigenvalue weighted by atomic mass is 10.1. The highest BCUT2D eigenvalue weighted by atomic mass is 19.1. The van der Waals surface area contributed by atoms with Crippen molar-refractivity contribution >= 4 is 17.5 Å². The van der Waals surface area contributed by atoms with Crippen LogP contribution in [-0.2, 0) is 6.54 Å². The minimum absolute atomic E-state index is 0.0595. The van der Waals surface area contributed by atoms with Gasteiger partial charge in [0.1, 0.15) is 18.3 Å². The van der Waals surface area contributed by atoms with Gasteiger partial charge in [0.2, 0.25) is 5.95 Å². The standard InChI is InChI=1S/C19H15FN8O/c1-12(8-22)25-18(29)14-4-2-13(3-5-14)17-16(20)10-23-19(27-17)26-15-9-24-28(11-15)7-6-21/h2-5,9-12H,7H2,1H3,(H,25,29)(H,23,26,27)/t12-/m1/s1. The Morgan fingerprint density at radius 1 is 1.28 bits per heavy atom. The number of halogens is 1. The van der Waals surface area contributed by atoms with Gasteiger partial charge in [-0.05, 0) is 19.1 Å². The number of anilines is 2. The van der Waals surface area contributed by atoms with Gasteiger partial charge in [-0.15, -0.1) is 0 Å². The van der Waals surface area contributed by atoms with Gasteiger partial charge in [-0.3, -0.25) is 9.48 Å². The topological polar surface area (TPSA) is 132 Å². The van der Waals surface area contributed by atoms with Crippen molar-refractivity contribution in [1.29, 1.82) is 10.5 Å². The van der Waals surface area contributed by atoms with Gasteiger partial charge in [0.05, 0.1) is 30.2 Å². The number of amides is 1. The van der Waals surface area contributed by atoms with E-state index in [1.54, 1.807) is 25.3 Å². The molecule has 2 N–H and O–H groups in total. The Hall–Kier alpha value is -4.31. The Morgan fingerprint density at radius 3 is 2.72 bits per heavy atom.